The molecule has 1 aliphatic heterocycles. The summed E-state index contributed by atoms with van der Waals surface area (Å²) in [6.07, 6.45) is -0.302. The van der Waals surface area contributed by atoms with Crippen molar-refractivity contribution >= 4 is 17.4 Å². The molecule has 5 heteroatoms. The van der Waals surface area contributed by atoms with Crippen LogP contribution in [0.1, 0.15) is 34.8 Å². The van der Waals surface area contributed by atoms with Crippen LogP contribution in [0.3, 0.4) is 0 Å². The maximum absolute atomic E-state index is 12.5. The van der Waals surface area contributed by atoms with Crippen LogP contribution in [0.4, 0.5) is 5.69 Å². The summed E-state index contributed by atoms with van der Waals surface area (Å²) in [5.74, 6) is -0.195. The Hall–Kier alpha value is -2.66. The van der Waals surface area contributed by atoms with Crippen molar-refractivity contribution in [2.45, 2.75) is 25.9 Å². The van der Waals surface area contributed by atoms with Gasteiger partial charge < -0.3 is 15.2 Å². The lowest BCUT2D eigenvalue weighted by Crippen LogP contribution is -2.36. The first-order valence-corrected chi connectivity index (χ1v) is 7.85. The topological polar surface area (TPSA) is 75.6 Å². The van der Waals surface area contributed by atoms with Crippen LogP contribution >= 0.6 is 0 Å². The molecule has 1 heterocycles. The number of hydrogen-bond donors (Lipinski definition) is 2. The number of ether oxygens (including phenoxy) is 1. The van der Waals surface area contributed by atoms with E-state index >= 15 is 0 Å². The number of amides is 1. The SMILES string of the molecule is CCOc1ccc(C(=O)CC2(O)C(=O)Nc3ccc(C)cc32)cc1. The molecule has 24 heavy (non-hydrogen) atoms. The summed E-state index contributed by atoms with van der Waals surface area (Å²) in [6.45, 7) is 4.30. The van der Waals surface area contributed by atoms with Gasteiger partial charge in [-0.2, -0.15) is 0 Å². The first-order valence-electron chi connectivity index (χ1n) is 7.85. The summed E-state index contributed by atoms with van der Waals surface area (Å²) in [4.78, 5) is 24.8. The van der Waals surface area contributed by atoms with Gasteiger partial charge in [-0.15, -0.1) is 0 Å². The van der Waals surface area contributed by atoms with Crippen LogP contribution < -0.4 is 10.1 Å². The van der Waals surface area contributed by atoms with Gasteiger partial charge in [-0.3, -0.25) is 9.59 Å². The van der Waals surface area contributed by atoms with E-state index in [1.807, 2.05) is 19.9 Å². The molecule has 0 aromatic heterocycles. The molecule has 1 aliphatic rings. The summed E-state index contributed by atoms with van der Waals surface area (Å²) in [5, 5.41) is 13.5. The number of hydrogen-bond acceptors (Lipinski definition) is 4. The zero-order valence-corrected chi connectivity index (χ0v) is 13.6. The van der Waals surface area contributed by atoms with Crippen LogP contribution in [0.25, 0.3) is 0 Å². The second-order valence-corrected chi connectivity index (χ2v) is 5.92. The Labute approximate surface area is 140 Å². The van der Waals surface area contributed by atoms with E-state index in [1.165, 1.54) is 0 Å². The summed E-state index contributed by atoms with van der Waals surface area (Å²) in [5.41, 5.74) is 0.508. The molecule has 2 aromatic carbocycles. The fourth-order valence-electron chi connectivity index (χ4n) is 2.87. The first kappa shape index (κ1) is 16.2. The second kappa shape index (κ2) is 6.09. The highest BCUT2D eigenvalue weighted by atomic mass is 16.5. The number of carbonyl (C=O) groups excluding carboxylic acids is 2. The van der Waals surface area contributed by atoms with Gasteiger partial charge in [0.1, 0.15) is 5.75 Å². The average molecular weight is 325 g/mol. The van der Waals surface area contributed by atoms with Gasteiger partial charge in [0, 0.05) is 16.8 Å². The molecule has 2 N–H and O–H groups in total. The van der Waals surface area contributed by atoms with Gasteiger partial charge in [0.05, 0.1) is 13.0 Å². The van der Waals surface area contributed by atoms with Crippen LogP contribution in [0.15, 0.2) is 42.5 Å². The van der Waals surface area contributed by atoms with Crippen LogP contribution in [-0.2, 0) is 10.4 Å². The number of fused-ring (bicyclic) bond motifs is 1. The average Bonchev–Trinajstić information content (AvgIpc) is 2.79. The number of anilines is 1. The molecule has 3 rings (SSSR count). The molecule has 5 nitrogen and oxygen atoms in total. The van der Waals surface area contributed by atoms with E-state index in [0.717, 1.165) is 5.56 Å². The van der Waals surface area contributed by atoms with Crippen LogP contribution in [0.5, 0.6) is 5.75 Å². The first-order chi connectivity index (χ1) is 11.4. The maximum Gasteiger partial charge on any atom is 0.261 e. The Morgan fingerprint density at radius 1 is 1.21 bits per heavy atom. The summed E-state index contributed by atoms with van der Waals surface area (Å²) in [6, 6.07) is 12.0. The fourth-order valence-corrected chi connectivity index (χ4v) is 2.87. The lowest BCUT2D eigenvalue weighted by atomic mass is 9.87. The van der Waals surface area contributed by atoms with E-state index in [2.05, 4.69) is 5.32 Å². The largest absolute Gasteiger partial charge is 0.494 e. The minimum Gasteiger partial charge on any atom is -0.494 e. The van der Waals surface area contributed by atoms with Crippen LogP contribution in [0.2, 0.25) is 0 Å². The zero-order chi connectivity index (χ0) is 17.3. The minimum atomic E-state index is -1.84. The quantitative estimate of drug-likeness (QED) is 0.829. The Kier molecular flexibility index (Phi) is 4.11. The third-order valence-corrected chi connectivity index (χ3v) is 4.15. The highest BCUT2D eigenvalue weighted by Crippen LogP contribution is 2.39. The molecule has 0 saturated heterocycles. The number of Topliss-reactive ketones (excluding diaryl/α,β-unsaturated/α-hetero) is 1. The van der Waals surface area contributed by atoms with Crippen molar-refractivity contribution < 1.29 is 19.4 Å². The highest BCUT2D eigenvalue weighted by Gasteiger charge is 2.46. The molecule has 2 aromatic rings. The molecule has 124 valence electrons. The van der Waals surface area contributed by atoms with Crippen molar-refractivity contribution in [1.82, 2.24) is 0 Å². The molecule has 1 atom stereocenters. The summed E-state index contributed by atoms with van der Waals surface area (Å²) in [7, 11) is 0. The predicted molar refractivity (Wildman–Crippen MR) is 90.3 cm³/mol. The predicted octanol–water partition coefficient (Wildman–Crippen LogP) is 2.81. The minimum absolute atomic E-state index is 0.301. The third kappa shape index (κ3) is 2.78. The van der Waals surface area contributed by atoms with Crippen molar-refractivity contribution in [1.29, 1.82) is 0 Å². The number of benzene rings is 2. The lowest BCUT2D eigenvalue weighted by molar-refractivity contribution is -0.133. The molecule has 0 radical (unpaired) electrons. The molecular weight excluding hydrogens is 306 g/mol. The van der Waals surface area contributed by atoms with Crippen LogP contribution in [0, 0.1) is 6.92 Å². The summed E-state index contributed by atoms with van der Waals surface area (Å²) >= 11 is 0. The second-order valence-electron chi connectivity index (χ2n) is 5.92. The standard InChI is InChI=1S/C19H19NO4/c1-3-24-14-7-5-13(6-8-14)17(21)11-19(23)15-10-12(2)4-9-16(15)20-18(19)22/h4-10,23H,3,11H2,1-2H3,(H,20,22). The van der Waals surface area contributed by atoms with Crippen LogP contribution in [-0.4, -0.2) is 23.4 Å². The van der Waals surface area contributed by atoms with Gasteiger partial charge in [-0.1, -0.05) is 17.7 Å². The van der Waals surface area contributed by atoms with E-state index in [4.69, 9.17) is 4.74 Å². The summed E-state index contributed by atoms with van der Waals surface area (Å²) < 4.78 is 5.35. The number of rotatable bonds is 5. The van der Waals surface area contributed by atoms with Gasteiger partial charge in [-0.25, -0.2) is 0 Å². The van der Waals surface area contributed by atoms with Gasteiger partial charge in [0.15, 0.2) is 11.4 Å². The van der Waals surface area contributed by atoms with E-state index in [0.29, 0.717) is 29.2 Å². The van der Waals surface area contributed by atoms with E-state index in [1.54, 1.807) is 36.4 Å². The lowest BCUT2D eigenvalue weighted by Gasteiger charge is -2.20. The molecule has 0 aliphatic carbocycles. The third-order valence-electron chi connectivity index (χ3n) is 4.15. The van der Waals surface area contributed by atoms with Gasteiger partial charge in [-0.05, 0) is 44.2 Å². The molecule has 0 saturated carbocycles. The Bertz CT molecular complexity index is 798. The number of aliphatic hydroxyl groups is 1. The molecule has 1 unspecified atom stereocenters. The normalized spacial score (nSPS) is 18.9. The van der Waals surface area contributed by atoms with Crippen molar-refractivity contribution in [3.63, 3.8) is 0 Å². The molecular formula is C19H19NO4. The highest BCUT2D eigenvalue weighted by molar-refractivity contribution is 6.09. The Morgan fingerprint density at radius 3 is 2.58 bits per heavy atom. The Balaban J connectivity index is 1.86. The zero-order valence-electron chi connectivity index (χ0n) is 13.6. The number of carbonyl (C=O) groups is 2. The molecule has 1 amide bonds. The molecule has 0 bridgehead atoms. The Morgan fingerprint density at radius 2 is 1.92 bits per heavy atom. The smallest absolute Gasteiger partial charge is 0.261 e. The fraction of sp³-hybridized carbons (Fsp3) is 0.263. The van der Waals surface area contributed by atoms with Gasteiger partial charge in [0.2, 0.25) is 0 Å². The maximum atomic E-state index is 12.5. The van der Waals surface area contributed by atoms with Crippen molar-refractivity contribution in [3.05, 3.63) is 59.2 Å². The molecule has 0 spiro atoms. The van der Waals surface area contributed by atoms with Gasteiger partial charge >= 0.3 is 0 Å². The number of ketones is 1. The number of nitrogens with one attached hydrogen (secondary N) is 1. The van der Waals surface area contributed by atoms with Crippen molar-refractivity contribution in [3.8, 4) is 5.75 Å². The van der Waals surface area contributed by atoms with Gasteiger partial charge in [0.25, 0.3) is 5.91 Å². The number of aryl methyl sites for hydroxylation is 1. The van der Waals surface area contributed by atoms with E-state index < -0.39 is 11.5 Å². The monoisotopic (exact) mass is 325 g/mol. The van der Waals surface area contributed by atoms with Crippen molar-refractivity contribution in [2.24, 2.45) is 0 Å². The molecule has 0 fully saturated rings. The van der Waals surface area contributed by atoms with E-state index in [-0.39, 0.29) is 12.2 Å². The van der Waals surface area contributed by atoms with E-state index in [9.17, 15) is 14.7 Å². The van der Waals surface area contributed by atoms with Crippen molar-refractivity contribution in [2.75, 3.05) is 11.9 Å².